The monoisotopic (exact) mass is 286 g/mol. The van der Waals surface area contributed by atoms with Gasteiger partial charge in [-0.25, -0.2) is 13.1 Å². The van der Waals surface area contributed by atoms with Gasteiger partial charge in [-0.15, -0.1) is 0 Å². The number of sulfonamides is 1. The molecule has 0 saturated heterocycles. The van der Waals surface area contributed by atoms with Crippen LogP contribution in [0, 0.1) is 0 Å². The van der Waals surface area contributed by atoms with Crippen molar-refractivity contribution in [2.75, 3.05) is 5.75 Å². The number of rotatable bonds is 6. The maximum atomic E-state index is 11.8. The van der Waals surface area contributed by atoms with E-state index in [1.165, 1.54) is 18.5 Å². The first-order valence-corrected chi connectivity index (χ1v) is 7.66. The van der Waals surface area contributed by atoms with Gasteiger partial charge in [0.15, 0.2) is 0 Å². The Morgan fingerprint density at radius 3 is 2.68 bits per heavy atom. The number of hydrogen-bond acceptors (Lipinski definition) is 5. The van der Waals surface area contributed by atoms with E-state index in [4.69, 9.17) is 4.74 Å². The SMILES string of the molecule is CCCS(=O)(=O)NC(=O)c1cncc(OC(C)C)c1. The zero-order chi connectivity index (χ0) is 14.5. The molecule has 0 aliphatic rings. The first-order chi connectivity index (χ1) is 8.84. The maximum absolute atomic E-state index is 11.8. The molecule has 0 fully saturated rings. The second kappa shape index (κ2) is 6.51. The van der Waals surface area contributed by atoms with E-state index in [9.17, 15) is 13.2 Å². The third kappa shape index (κ3) is 5.25. The van der Waals surface area contributed by atoms with E-state index < -0.39 is 15.9 Å². The van der Waals surface area contributed by atoms with Crippen molar-refractivity contribution in [3.05, 3.63) is 24.0 Å². The van der Waals surface area contributed by atoms with E-state index in [1.54, 1.807) is 6.92 Å². The van der Waals surface area contributed by atoms with Gasteiger partial charge in [-0.3, -0.25) is 9.78 Å². The van der Waals surface area contributed by atoms with Crippen molar-refractivity contribution in [1.29, 1.82) is 0 Å². The van der Waals surface area contributed by atoms with Crippen LogP contribution in [-0.2, 0) is 10.0 Å². The van der Waals surface area contributed by atoms with Crippen LogP contribution >= 0.6 is 0 Å². The lowest BCUT2D eigenvalue weighted by Gasteiger charge is -2.10. The fourth-order valence-electron chi connectivity index (χ4n) is 1.40. The smallest absolute Gasteiger partial charge is 0.266 e. The second-order valence-corrected chi connectivity index (χ2v) is 6.17. The summed E-state index contributed by atoms with van der Waals surface area (Å²) >= 11 is 0. The van der Waals surface area contributed by atoms with Crippen molar-refractivity contribution in [2.45, 2.75) is 33.3 Å². The molecule has 1 rings (SSSR count). The van der Waals surface area contributed by atoms with Crippen LogP contribution in [0.3, 0.4) is 0 Å². The van der Waals surface area contributed by atoms with Gasteiger partial charge in [0.1, 0.15) is 5.75 Å². The Morgan fingerprint density at radius 1 is 1.42 bits per heavy atom. The van der Waals surface area contributed by atoms with Crippen molar-refractivity contribution < 1.29 is 17.9 Å². The number of hydrogen-bond donors (Lipinski definition) is 1. The average molecular weight is 286 g/mol. The Kier molecular flexibility index (Phi) is 5.29. The van der Waals surface area contributed by atoms with E-state index in [2.05, 4.69) is 4.98 Å². The molecule has 0 saturated carbocycles. The van der Waals surface area contributed by atoms with Crippen LogP contribution in [0.15, 0.2) is 18.5 Å². The third-order valence-corrected chi connectivity index (χ3v) is 3.51. The topological polar surface area (TPSA) is 85.4 Å². The number of carbonyl (C=O) groups excluding carboxylic acids is 1. The lowest BCUT2D eigenvalue weighted by molar-refractivity contribution is 0.0980. The first kappa shape index (κ1) is 15.4. The molecule has 1 aromatic heterocycles. The molecule has 1 N–H and O–H groups in total. The molecule has 7 heteroatoms. The Balaban J connectivity index is 2.83. The Labute approximate surface area is 113 Å². The maximum Gasteiger partial charge on any atom is 0.266 e. The Bertz CT molecular complexity index is 540. The van der Waals surface area contributed by atoms with E-state index in [1.807, 2.05) is 18.6 Å². The summed E-state index contributed by atoms with van der Waals surface area (Å²) in [5, 5.41) is 0. The van der Waals surface area contributed by atoms with Crippen LogP contribution in [0.25, 0.3) is 0 Å². The molecule has 1 amide bonds. The van der Waals surface area contributed by atoms with Gasteiger partial charge in [-0.05, 0) is 26.3 Å². The minimum atomic E-state index is -3.58. The van der Waals surface area contributed by atoms with Crippen LogP contribution in [0.5, 0.6) is 5.75 Å². The highest BCUT2D eigenvalue weighted by Crippen LogP contribution is 2.13. The number of ether oxygens (including phenoxy) is 1. The van der Waals surface area contributed by atoms with Crippen LogP contribution in [0.4, 0.5) is 0 Å². The van der Waals surface area contributed by atoms with Gasteiger partial charge in [0.05, 0.1) is 23.6 Å². The van der Waals surface area contributed by atoms with E-state index in [-0.39, 0.29) is 17.4 Å². The summed E-state index contributed by atoms with van der Waals surface area (Å²) in [5.74, 6) is -0.361. The van der Waals surface area contributed by atoms with Gasteiger partial charge in [0.2, 0.25) is 10.0 Å². The molecule has 19 heavy (non-hydrogen) atoms. The summed E-state index contributed by atoms with van der Waals surface area (Å²) in [4.78, 5) is 15.6. The van der Waals surface area contributed by atoms with Gasteiger partial charge < -0.3 is 4.74 Å². The standard InChI is InChI=1S/C12H18N2O4S/c1-4-5-19(16,17)14-12(15)10-6-11(8-13-7-10)18-9(2)3/h6-9H,4-5H2,1-3H3,(H,14,15). The van der Waals surface area contributed by atoms with Crippen LogP contribution in [0.2, 0.25) is 0 Å². The minimum absolute atomic E-state index is 0.0519. The van der Waals surface area contributed by atoms with Crippen molar-refractivity contribution in [2.24, 2.45) is 0 Å². The van der Waals surface area contributed by atoms with E-state index in [0.29, 0.717) is 12.2 Å². The summed E-state index contributed by atoms with van der Waals surface area (Å²) in [6.07, 6.45) is 3.16. The fraction of sp³-hybridized carbons (Fsp3) is 0.500. The van der Waals surface area contributed by atoms with Gasteiger partial charge in [-0.2, -0.15) is 0 Å². The van der Waals surface area contributed by atoms with Crippen molar-refractivity contribution in [3.8, 4) is 5.75 Å². The molecular weight excluding hydrogens is 268 g/mol. The van der Waals surface area contributed by atoms with Gasteiger partial charge in [0.25, 0.3) is 5.91 Å². The Hall–Kier alpha value is -1.63. The van der Waals surface area contributed by atoms with Crippen molar-refractivity contribution in [1.82, 2.24) is 9.71 Å². The minimum Gasteiger partial charge on any atom is -0.489 e. The lowest BCUT2D eigenvalue weighted by Crippen LogP contribution is -2.32. The average Bonchev–Trinajstić information content (AvgIpc) is 2.27. The predicted octanol–water partition coefficient (Wildman–Crippen LogP) is 1.34. The predicted molar refractivity (Wildman–Crippen MR) is 71.5 cm³/mol. The normalized spacial score (nSPS) is 11.4. The van der Waals surface area contributed by atoms with Crippen molar-refractivity contribution >= 4 is 15.9 Å². The lowest BCUT2D eigenvalue weighted by atomic mass is 10.2. The van der Waals surface area contributed by atoms with E-state index >= 15 is 0 Å². The largest absolute Gasteiger partial charge is 0.489 e. The number of carbonyl (C=O) groups is 1. The fourth-order valence-corrected chi connectivity index (χ4v) is 2.44. The number of aromatic nitrogens is 1. The first-order valence-electron chi connectivity index (χ1n) is 6.00. The number of nitrogens with zero attached hydrogens (tertiary/aromatic N) is 1. The molecule has 0 aliphatic heterocycles. The number of amides is 1. The van der Waals surface area contributed by atoms with Gasteiger partial charge >= 0.3 is 0 Å². The molecular formula is C12H18N2O4S. The van der Waals surface area contributed by atoms with Crippen molar-refractivity contribution in [3.63, 3.8) is 0 Å². The number of nitrogens with one attached hydrogen (secondary N) is 1. The molecule has 0 unspecified atom stereocenters. The van der Waals surface area contributed by atoms with Crippen LogP contribution in [0.1, 0.15) is 37.6 Å². The summed E-state index contributed by atoms with van der Waals surface area (Å²) in [6.45, 7) is 5.42. The highest BCUT2D eigenvalue weighted by Gasteiger charge is 2.16. The zero-order valence-electron chi connectivity index (χ0n) is 11.2. The Morgan fingerprint density at radius 2 is 2.11 bits per heavy atom. The highest BCUT2D eigenvalue weighted by molar-refractivity contribution is 7.90. The molecule has 106 valence electrons. The molecule has 0 atom stereocenters. The quantitative estimate of drug-likeness (QED) is 0.853. The van der Waals surface area contributed by atoms with Gasteiger partial charge in [-0.1, -0.05) is 6.92 Å². The molecule has 1 heterocycles. The van der Waals surface area contributed by atoms with Crippen LogP contribution in [-0.4, -0.2) is 31.2 Å². The third-order valence-electron chi connectivity index (χ3n) is 2.07. The molecule has 1 aromatic rings. The summed E-state index contributed by atoms with van der Waals surface area (Å²) in [6, 6.07) is 1.46. The molecule has 0 spiro atoms. The molecule has 0 aliphatic carbocycles. The van der Waals surface area contributed by atoms with E-state index in [0.717, 1.165) is 0 Å². The summed E-state index contributed by atoms with van der Waals surface area (Å²) in [5.41, 5.74) is 0.151. The molecule has 6 nitrogen and oxygen atoms in total. The molecule has 0 radical (unpaired) electrons. The second-order valence-electron chi connectivity index (χ2n) is 4.33. The summed E-state index contributed by atoms with van der Waals surface area (Å²) in [7, 11) is -3.58. The van der Waals surface area contributed by atoms with Gasteiger partial charge in [0, 0.05) is 6.20 Å². The zero-order valence-corrected chi connectivity index (χ0v) is 12.0. The molecule has 0 aromatic carbocycles. The summed E-state index contributed by atoms with van der Waals surface area (Å²) < 4.78 is 30.4. The van der Waals surface area contributed by atoms with Crippen LogP contribution < -0.4 is 9.46 Å². The molecule has 0 bridgehead atoms. The number of pyridine rings is 1. The highest BCUT2D eigenvalue weighted by atomic mass is 32.2.